The van der Waals surface area contributed by atoms with Gasteiger partial charge >= 0.3 is 5.97 Å². The standard InChI is InChI=1S/C12H15N5O6/c1-12(8(20)5(18)7(23-12)6(19)11(21)22)17-3-16-4-9(13)14-2-15-10(4)17/h2-3,5-8,18-20H,1H3,(H,21,22)(H2,13,14,15)/t5-,6?,7+,8-,12-/m1/s1. The molecule has 1 aliphatic heterocycles. The summed E-state index contributed by atoms with van der Waals surface area (Å²) in [5.74, 6) is -1.46. The number of aliphatic hydroxyl groups is 3. The first-order valence-corrected chi connectivity index (χ1v) is 6.66. The van der Waals surface area contributed by atoms with Gasteiger partial charge in [-0.3, -0.25) is 4.57 Å². The first kappa shape index (κ1) is 15.6. The van der Waals surface area contributed by atoms with Gasteiger partial charge in [0.15, 0.2) is 23.3 Å². The van der Waals surface area contributed by atoms with E-state index in [1.807, 2.05) is 0 Å². The Morgan fingerprint density at radius 3 is 2.78 bits per heavy atom. The van der Waals surface area contributed by atoms with Gasteiger partial charge < -0.3 is 30.9 Å². The Kier molecular flexibility index (Phi) is 3.44. The zero-order valence-electron chi connectivity index (χ0n) is 11.9. The van der Waals surface area contributed by atoms with Gasteiger partial charge in [-0.05, 0) is 6.92 Å². The number of nitrogens with zero attached hydrogens (tertiary/aromatic N) is 4. The fourth-order valence-electron chi connectivity index (χ4n) is 2.68. The number of anilines is 1. The van der Waals surface area contributed by atoms with Crippen LogP contribution < -0.4 is 5.73 Å². The number of ether oxygens (including phenoxy) is 1. The minimum atomic E-state index is -2.00. The number of aliphatic hydroxyl groups excluding tert-OH is 3. The van der Waals surface area contributed by atoms with E-state index in [0.717, 1.165) is 0 Å². The van der Waals surface area contributed by atoms with Crippen molar-refractivity contribution in [3.05, 3.63) is 12.7 Å². The lowest BCUT2D eigenvalue weighted by Gasteiger charge is -2.29. The molecule has 5 atom stereocenters. The summed E-state index contributed by atoms with van der Waals surface area (Å²) in [5, 5.41) is 38.9. The summed E-state index contributed by atoms with van der Waals surface area (Å²) in [6, 6.07) is 0. The number of aromatic nitrogens is 4. The second-order valence-corrected chi connectivity index (χ2v) is 5.40. The molecule has 1 fully saturated rings. The molecule has 3 rings (SSSR count). The second kappa shape index (κ2) is 5.09. The molecule has 0 aliphatic carbocycles. The molecule has 23 heavy (non-hydrogen) atoms. The molecule has 0 radical (unpaired) electrons. The maximum Gasteiger partial charge on any atom is 0.335 e. The molecule has 0 saturated carbocycles. The van der Waals surface area contributed by atoms with E-state index in [1.165, 1.54) is 24.1 Å². The molecule has 0 amide bonds. The Bertz CT molecular complexity index is 765. The fraction of sp³-hybridized carbons (Fsp3) is 0.500. The van der Waals surface area contributed by atoms with E-state index in [0.29, 0.717) is 0 Å². The zero-order chi connectivity index (χ0) is 16.9. The average Bonchev–Trinajstić information content (AvgIpc) is 3.04. The van der Waals surface area contributed by atoms with Gasteiger partial charge in [0.2, 0.25) is 0 Å². The van der Waals surface area contributed by atoms with Crippen LogP contribution in [0.3, 0.4) is 0 Å². The average molecular weight is 325 g/mol. The van der Waals surface area contributed by atoms with Crippen LogP contribution in [0.5, 0.6) is 0 Å². The molecule has 2 aromatic heterocycles. The van der Waals surface area contributed by atoms with E-state index in [2.05, 4.69) is 15.0 Å². The van der Waals surface area contributed by atoms with Gasteiger partial charge in [-0.2, -0.15) is 0 Å². The van der Waals surface area contributed by atoms with Gasteiger partial charge in [-0.25, -0.2) is 19.7 Å². The van der Waals surface area contributed by atoms with Crippen LogP contribution in [-0.2, 0) is 15.3 Å². The summed E-state index contributed by atoms with van der Waals surface area (Å²) in [6.07, 6.45) is -4.21. The Morgan fingerprint density at radius 1 is 1.43 bits per heavy atom. The summed E-state index contributed by atoms with van der Waals surface area (Å²) >= 11 is 0. The Morgan fingerprint density at radius 2 is 2.13 bits per heavy atom. The number of carboxylic acid groups (broad SMARTS) is 1. The molecular formula is C12H15N5O6. The minimum absolute atomic E-state index is 0.118. The van der Waals surface area contributed by atoms with Crippen molar-refractivity contribution in [1.29, 1.82) is 0 Å². The second-order valence-electron chi connectivity index (χ2n) is 5.40. The molecule has 1 aliphatic rings. The molecule has 0 bridgehead atoms. The first-order valence-electron chi connectivity index (χ1n) is 6.66. The molecule has 1 unspecified atom stereocenters. The summed E-state index contributed by atoms with van der Waals surface area (Å²) in [6.45, 7) is 1.41. The molecular weight excluding hydrogens is 310 g/mol. The van der Waals surface area contributed by atoms with Crippen LogP contribution in [-0.4, -0.2) is 70.3 Å². The minimum Gasteiger partial charge on any atom is -0.479 e. The van der Waals surface area contributed by atoms with Crippen molar-refractivity contribution in [2.75, 3.05) is 5.73 Å². The lowest BCUT2D eigenvalue weighted by Crippen LogP contribution is -2.44. The third-order valence-electron chi connectivity index (χ3n) is 3.99. The highest BCUT2D eigenvalue weighted by molar-refractivity contribution is 5.81. The monoisotopic (exact) mass is 325 g/mol. The summed E-state index contributed by atoms with van der Waals surface area (Å²) in [4.78, 5) is 22.8. The van der Waals surface area contributed by atoms with Crippen LogP contribution in [0, 0.1) is 0 Å². The van der Waals surface area contributed by atoms with Crippen molar-refractivity contribution in [3.8, 4) is 0 Å². The van der Waals surface area contributed by atoms with Crippen LogP contribution >= 0.6 is 0 Å². The number of nitrogens with two attached hydrogens (primary N) is 1. The van der Waals surface area contributed by atoms with E-state index >= 15 is 0 Å². The smallest absolute Gasteiger partial charge is 0.335 e. The molecule has 1 saturated heterocycles. The normalized spacial score (nSPS) is 32.3. The maximum atomic E-state index is 10.9. The van der Waals surface area contributed by atoms with E-state index in [9.17, 15) is 20.1 Å². The maximum absolute atomic E-state index is 10.9. The highest BCUT2D eigenvalue weighted by Crippen LogP contribution is 2.38. The van der Waals surface area contributed by atoms with Gasteiger partial charge in [0.25, 0.3) is 0 Å². The molecule has 2 aromatic rings. The zero-order valence-corrected chi connectivity index (χ0v) is 11.9. The summed E-state index contributed by atoms with van der Waals surface area (Å²) < 4.78 is 6.79. The Labute approximate surface area is 129 Å². The summed E-state index contributed by atoms with van der Waals surface area (Å²) in [5.41, 5.74) is 4.59. The van der Waals surface area contributed by atoms with Crippen LogP contribution in [0.2, 0.25) is 0 Å². The van der Waals surface area contributed by atoms with E-state index < -0.39 is 36.1 Å². The van der Waals surface area contributed by atoms with Crippen LogP contribution in [0.1, 0.15) is 6.92 Å². The number of hydrogen-bond donors (Lipinski definition) is 5. The quantitative estimate of drug-likeness (QED) is 0.410. The van der Waals surface area contributed by atoms with Crippen molar-refractivity contribution in [3.63, 3.8) is 0 Å². The number of aliphatic carboxylic acids is 1. The third kappa shape index (κ3) is 2.13. The highest BCUT2D eigenvalue weighted by Gasteiger charge is 2.56. The molecule has 0 spiro atoms. The van der Waals surface area contributed by atoms with E-state index in [1.54, 1.807) is 0 Å². The Hall–Kier alpha value is -2.34. The van der Waals surface area contributed by atoms with Crippen LogP contribution in [0.25, 0.3) is 11.2 Å². The van der Waals surface area contributed by atoms with Crippen molar-refractivity contribution < 1.29 is 30.0 Å². The van der Waals surface area contributed by atoms with E-state index in [-0.39, 0.29) is 17.0 Å². The topological polar surface area (TPSA) is 177 Å². The van der Waals surface area contributed by atoms with Crippen molar-refractivity contribution in [2.45, 2.75) is 37.1 Å². The predicted octanol–water partition coefficient (Wildman–Crippen LogP) is -2.35. The van der Waals surface area contributed by atoms with Gasteiger partial charge in [0.1, 0.15) is 30.2 Å². The highest BCUT2D eigenvalue weighted by atomic mass is 16.6. The van der Waals surface area contributed by atoms with Crippen molar-refractivity contribution in [1.82, 2.24) is 19.5 Å². The lowest BCUT2D eigenvalue weighted by atomic mass is 10.0. The first-order chi connectivity index (χ1) is 10.8. The number of nitrogen functional groups attached to an aromatic ring is 1. The molecule has 6 N–H and O–H groups in total. The van der Waals surface area contributed by atoms with Gasteiger partial charge in [-0.15, -0.1) is 0 Å². The molecule has 3 heterocycles. The number of carbonyl (C=O) groups is 1. The number of hydrogen-bond acceptors (Lipinski definition) is 9. The third-order valence-corrected chi connectivity index (χ3v) is 3.99. The number of fused-ring (bicyclic) bond motifs is 1. The van der Waals surface area contributed by atoms with Gasteiger partial charge in [0, 0.05) is 0 Å². The number of rotatable bonds is 3. The van der Waals surface area contributed by atoms with Crippen molar-refractivity contribution in [2.24, 2.45) is 0 Å². The van der Waals surface area contributed by atoms with Gasteiger partial charge in [0.05, 0.1) is 6.33 Å². The number of imidazole rings is 1. The molecule has 11 nitrogen and oxygen atoms in total. The molecule has 11 heteroatoms. The largest absolute Gasteiger partial charge is 0.479 e. The van der Waals surface area contributed by atoms with Gasteiger partial charge in [-0.1, -0.05) is 0 Å². The summed E-state index contributed by atoms with van der Waals surface area (Å²) in [7, 11) is 0. The van der Waals surface area contributed by atoms with Crippen LogP contribution in [0.4, 0.5) is 5.82 Å². The van der Waals surface area contributed by atoms with Crippen LogP contribution in [0.15, 0.2) is 12.7 Å². The fourth-order valence-corrected chi connectivity index (χ4v) is 2.68. The van der Waals surface area contributed by atoms with Crippen molar-refractivity contribution >= 4 is 23.0 Å². The molecule has 0 aromatic carbocycles. The molecule has 124 valence electrons. The SMILES string of the molecule is C[C@@]1(n2cnc3c(N)ncnc32)O[C@H](C(O)C(=O)O)[C@@H](O)[C@H]1O. The lowest BCUT2D eigenvalue weighted by molar-refractivity contribution is -0.171. The number of carboxylic acids is 1. The Balaban J connectivity index is 2.07. The van der Waals surface area contributed by atoms with E-state index in [4.69, 9.17) is 15.6 Å². The predicted molar refractivity (Wildman–Crippen MR) is 73.9 cm³/mol.